The minimum atomic E-state index is -0.176. The van der Waals surface area contributed by atoms with Gasteiger partial charge in [0, 0.05) is 13.1 Å². The fourth-order valence-electron chi connectivity index (χ4n) is 0.768. The quantitative estimate of drug-likeness (QED) is 0.454. The Morgan fingerprint density at radius 3 is 2.22 bits per heavy atom. The summed E-state index contributed by atoms with van der Waals surface area (Å²) >= 11 is 0. The van der Waals surface area contributed by atoms with E-state index in [1.807, 2.05) is 13.8 Å². The van der Waals surface area contributed by atoms with Crippen LogP contribution in [-0.4, -0.2) is 29.3 Å². The van der Waals surface area contributed by atoms with Crippen LogP contribution in [-0.2, 0) is 0 Å². The standard InChI is InChI=1S/C4H10N2O.C2H6/c5-6-2-1-4(7)3-6;1-2/h4,7H,1-3,5H2;1-2H3. The number of nitrogens with two attached hydrogens (primary N) is 1. The van der Waals surface area contributed by atoms with Crippen LogP contribution in [0.15, 0.2) is 0 Å². The van der Waals surface area contributed by atoms with E-state index in [1.54, 1.807) is 5.01 Å². The average molecular weight is 132 g/mol. The first-order chi connectivity index (χ1) is 4.29. The molecule has 0 bridgehead atoms. The number of hydrogen-bond acceptors (Lipinski definition) is 3. The zero-order valence-corrected chi connectivity index (χ0v) is 6.17. The molecule has 0 aromatic heterocycles. The molecule has 56 valence electrons. The molecule has 1 saturated heterocycles. The van der Waals surface area contributed by atoms with Gasteiger partial charge >= 0.3 is 0 Å². The molecule has 1 heterocycles. The molecule has 3 heteroatoms. The van der Waals surface area contributed by atoms with E-state index in [1.165, 1.54) is 0 Å². The molecule has 0 aromatic rings. The summed E-state index contributed by atoms with van der Waals surface area (Å²) in [6.07, 6.45) is 0.654. The molecule has 9 heavy (non-hydrogen) atoms. The lowest BCUT2D eigenvalue weighted by Crippen LogP contribution is -2.28. The highest BCUT2D eigenvalue weighted by Crippen LogP contribution is 2.01. The Balaban J connectivity index is 0.000000291. The van der Waals surface area contributed by atoms with Crippen LogP contribution in [0.3, 0.4) is 0 Å². The lowest BCUT2D eigenvalue weighted by atomic mass is 10.3. The first-order valence-electron chi connectivity index (χ1n) is 3.47. The molecule has 0 amide bonds. The normalized spacial score (nSPS) is 27.3. The van der Waals surface area contributed by atoms with Crippen molar-refractivity contribution < 1.29 is 5.11 Å². The summed E-state index contributed by atoms with van der Waals surface area (Å²) in [5, 5.41) is 10.4. The van der Waals surface area contributed by atoms with E-state index in [-0.39, 0.29) is 6.10 Å². The third kappa shape index (κ3) is 3.46. The van der Waals surface area contributed by atoms with E-state index in [0.717, 1.165) is 13.0 Å². The minimum Gasteiger partial charge on any atom is -0.392 e. The maximum atomic E-state index is 8.78. The van der Waals surface area contributed by atoms with Gasteiger partial charge in [-0.15, -0.1) is 0 Å². The van der Waals surface area contributed by atoms with Gasteiger partial charge in [0.2, 0.25) is 0 Å². The molecule has 1 fully saturated rings. The van der Waals surface area contributed by atoms with Gasteiger partial charge in [0.1, 0.15) is 0 Å². The van der Waals surface area contributed by atoms with Gasteiger partial charge in [0.15, 0.2) is 0 Å². The number of hydrogen-bond donors (Lipinski definition) is 2. The van der Waals surface area contributed by atoms with Crippen molar-refractivity contribution >= 4 is 0 Å². The second kappa shape index (κ2) is 4.73. The Morgan fingerprint density at radius 1 is 1.56 bits per heavy atom. The Kier molecular flexibility index (Phi) is 4.67. The molecular weight excluding hydrogens is 116 g/mol. The predicted octanol–water partition coefficient (Wildman–Crippen LogP) is -0.0471. The second-order valence-corrected chi connectivity index (χ2v) is 1.94. The van der Waals surface area contributed by atoms with Crippen LogP contribution in [0.5, 0.6) is 0 Å². The van der Waals surface area contributed by atoms with E-state index in [4.69, 9.17) is 10.9 Å². The number of aliphatic hydroxyl groups is 1. The smallest absolute Gasteiger partial charge is 0.0693 e. The van der Waals surface area contributed by atoms with Gasteiger partial charge in [-0.25, -0.2) is 5.01 Å². The van der Waals surface area contributed by atoms with Crippen molar-refractivity contribution in [3.05, 3.63) is 0 Å². The monoisotopic (exact) mass is 132 g/mol. The molecule has 1 rings (SSSR count). The Morgan fingerprint density at radius 2 is 2.11 bits per heavy atom. The van der Waals surface area contributed by atoms with Crippen molar-refractivity contribution in [3.8, 4) is 0 Å². The van der Waals surface area contributed by atoms with Gasteiger partial charge < -0.3 is 5.11 Å². The molecule has 1 unspecified atom stereocenters. The molecule has 1 aliphatic rings. The third-order valence-electron chi connectivity index (χ3n) is 1.19. The summed E-state index contributed by atoms with van der Waals surface area (Å²) in [5.74, 6) is 5.30. The van der Waals surface area contributed by atoms with Crippen LogP contribution in [0.2, 0.25) is 0 Å². The van der Waals surface area contributed by atoms with E-state index in [2.05, 4.69) is 0 Å². The van der Waals surface area contributed by atoms with Gasteiger partial charge in [-0.05, 0) is 6.42 Å². The molecule has 0 aromatic carbocycles. The number of hydrazine groups is 1. The second-order valence-electron chi connectivity index (χ2n) is 1.94. The summed E-state index contributed by atoms with van der Waals surface area (Å²) < 4.78 is 0. The number of rotatable bonds is 0. The van der Waals surface area contributed by atoms with Gasteiger partial charge in [-0.2, -0.15) is 0 Å². The van der Waals surface area contributed by atoms with Gasteiger partial charge in [-0.1, -0.05) is 13.8 Å². The Hall–Kier alpha value is -0.120. The summed E-state index contributed by atoms with van der Waals surface area (Å²) in [7, 11) is 0. The van der Waals surface area contributed by atoms with Crippen LogP contribution in [0, 0.1) is 0 Å². The van der Waals surface area contributed by atoms with Crippen molar-refractivity contribution in [1.82, 2.24) is 5.01 Å². The molecule has 0 saturated carbocycles. The maximum absolute atomic E-state index is 8.78. The van der Waals surface area contributed by atoms with Gasteiger partial charge in [-0.3, -0.25) is 5.84 Å². The van der Waals surface area contributed by atoms with Crippen LogP contribution >= 0.6 is 0 Å². The first-order valence-corrected chi connectivity index (χ1v) is 3.47. The first kappa shape index (κ1) is 8.88. The largest absolute Gasteiger partial charge is 0.392 e. The molecule has 3 N–H and O–H groups in total. The zero-order valence-electron chi connectivity index (χ0n) is 6.17. The Labute approximate surface area is 56.4 Å². The molecule has 0 aliphatic carbocycles. The molecular formula is C6H16N2O. The van der Waals surface area contributed by atoms with Crippen LogP contribution in [0.25, 0.3) is 0 Å². The molecule has 0 spiro atoms. The summed E-state index contributed by atoms with van der Waals surface area (Å²) in [4.78, 5) is 0. The molecule has 1 aliphatic heterocycles. The van der Waals surface area contributed by atoms with E-state index >= 15 is 0 Å². The third-order valence-corrected chi connectivity index (χ3v) is 1.19. The average Bonchev–Trinajstić information content (AvgIpc) is 2.20. The number of nitrogens with zero attached hydrogens (tertiary/aromatic N) is 1. The van der Waals surface area contributed by atoms with Gasteiger partial charge in [0.05, 0.1) is 6.10 Å². The molecule has 1 atom stereocenters. The fourth-order valence-corrected chi connectivity index (χ4v) is 0.768. The zero-order chi connectivity index (χ0) is 7.28. The SMILES string of the molecule is CC.NN1CCC(O)C1. The van der Waals surface area contributed by atoms with E-state index in [0.29, 0.717) is 6.54 Å². The summed E-state index contributed by atoms with van der Waals surface area (Å²) in [5.41, 5.74) is 0. The topological polar surface area (TPSA) is 49.5 Å². The summed E-state index contributed by atoms with van der Waals surface area (Å²) in [6.45, 7) is 5.47. The minimum absolute atomic E-state index is 0.176. The van der Waals surface area contributed by atoms with Crippen molar-refractivity contribution in [2.75, 3.05) is 13.1 Å². The van der Waals surface area contributed by atoms with E-state index in [9.17, 15) is 0 Å². The number of β-amino-alcohol motifs (C(OH)–C–C–N with tert-alkyl or cyclic N) is 1. The van der Waals surface area contributed by atoms with Gasteiger partial charge in [0.25, 0.3) is 0 Å². The van der Waals surface area contributed by atoms with Crippen LogP contribution in [0.4, 0.5) is 0 Å². The highest BCUT2D eigenvalue weighted by molar-refractivity contribution is 4.68. The molecule has 0 radical (unpaired) electrons. The Bertz CT molecular complexity index is 60.1. The lowest BCUT2D eigenvalue weighted by molar-refractivity contribution is 0.177. The lowest BCUT2D eigenvalue weighted by Gasteiger charge is -2.02. The van der Waals surface area contributed by atoms with Crippen molar-refractivity contribution in [2.24, 2.45) is 5.84 Å². The predicted molar refractivity (Wildman–Crippen MR) is 37.7 cm³/mol. The fraction of sp³-hybridized carbons (Fsp3) is 1.00. The van der Waals surface area contributed by atoms with Crippen LogP contribution < -0.4 is 5.84 Å². The molecule has 3 nitrogen and oxygen atoms in total. The van der Waals surface area contributed by atoms with Crippen molar-refractivity contribution in [2.45, 2.75) is 26.4 Å². The van der Waals surface area contributed by atoms with E-state index < -0.39 is 0 Å². The van der Waals surface area contributed by atoms with Crippen LogP contribution in [0.1, 0.15) is 20.3 Å². The van der Waals surface area contributed by atoms with Crippen molar-refractivity contribution in [3.63, 3.8) is 0 Å². The van der Waals surface area contributed by atoms with Crippen molar-refractivity contribution in [1.29, 1.82) is 0 Å². The number of aliphatic hydroxyl groups excluding tert-OH is 1. The highest BCUT2D eigenvalue weighted by atomic mass is 16.3. The highest BCUT2D eigenvalue weighted by Gasteiger charge is 2.15. The maximum Gasteiger partial charge on any atom is 0.0693 e. The summed E-state index contributed by atoms with van der Waals surface area (Å²) in [6, 6.07) is 0.